The van der Waals surface area contributed by atoms with Crippen LogP contribution in [0.4, 0.5) is 4.39 Å². The van der Waals surface area contributed by atoms with Gasteiger partial charge in [-0.2, -0.15) is 0 Å². The lowest BCUT2D eigenvalue weighted by Crippen LogP contribution is -2.11. The summed E-state index contributed by atoms with van der Waals surface area (Å²) in [6, 6.07) is 6.69. The number of rotatable bonds is 7. The second kappa shape index (κ2) is 9.36. The first-order valence-electron chi connectivity index (χ1n) is 7.89. The maximum atomic E-state index is 14.2. The molecule has 0 radical (unpaired) electrons. The highest BCUT2D eigenvalue weighted by molar-refractivity contribution is 7.99. The molecular formula is C16H22ClFN4OS. The van der Waals surface area contributed by atoms with Crippen LogP contribution in [0.2, 0.25) is 0 Å². The van der Waals surface area contributed by atoms with Gasteiger partial charge in [0.15, 0.2) is 5.16 Å². The van der Waals surface area contributed by atoms with E-state index in [1.807, 2.05) is 6.07 Å². The Kier molecular flexibility index (Phi) is 7.48. The van der Waals surface area contributed by atoms with Crippen LogP contribution in [0.3, 0.4) is 0 Å². The Hall–Kier alpha value is -1.15. The van der Waals surface area contributed by atoms with Crippen LogP contribution in [-0.2, 0) is 11.2 Å². The average molecular weight is 373 g/mol. The smallest absolute Gasteiger partial charge is 0.195 e. The summed E-state index contributed by atoms with van der Waals surface area (Å²) in [5, 5.41) is 9.15. The molecule has 0 spiro atoms. The van der Waals surface area contributed by atoms with Crippen molar-refractivity contribution in [1.29, 1.82) is 0 Å². The van der Waals surface area contributed by atoms with Gasteiger partial charge in [0.2, 0.25) is 0 Å². The SMILES string of the molecule is Cl.NCCc1nnc(SCCC2CCOC2)n1-c1ccccc1F. The fourth-order valence-corrected chi connectivity index (χ4v) is 3.75. The Labute approximate surface area is 151 Å². The molecule has 2 heterocycles. The number of thioether (sulfide) groups is 1. The Morgan fingerprint density at radius 3 is 2.88 bits per heavy atom. The zero-order valence-electron chi connectivity index (χ0n) is 13.4. The minimum absolute atomic E-state index is 0. The standard InChI is InChI=1S/C16H21FN4OS.ClH/c17-13-3-1-2-4-14(13)21-15(5-8-18)19-20-16(21)23-10-7-12-6-9-22-11-12;/h1-4,12H,5-11,18H2;1H. The van der Waals surface area contributed by atoms with Gasteiger partial charge < -0.3 is 10.5 Å². The van der Waals surface area contributed by atoms with Gasteiger partial charge >= 0.3 is 0 Å². The molecule has 2 N–H and O–H groups in total. The molecule has 132 valence electrons. The predicted octanol–water partition coefficient (Wildman–Crippen LogP) is 2.85. The van der Waals surface area contributed by atoms with Gasteiger partial charge in [0.1, 0.15) is 11.6 Å². The lowest BCUT2D eigenvalue weighted by molar-refractivity contribution is 0.185. The van der Waals surface area contributed by atoms with E-state index in [9.17, 15) is 4.39 Å². The van der Waals surface area contributed by atoms with Crippen molar-refractivity contribution in [2.45, 2.75) is 24.4 Å². The maximum absolute atomic E-state index is 14.2. The first-order valence-corrected chi connectivity index (χ1v) is 8.88. The Morgan fingerprint density at radius 2 is 2.17 bits per heavy atom. The highest BCUT2D eigenvalue weighted by atomic mass is 35.5. The van der Waals surface area contributed by atoms with Crippen LogP contribution in [0.5, 0.6) is 0 Å². The molecule has 3 rings (SSSR count). The van der Waals surface area contributed by atoms with Crippen molar-refractivity contribution in [3.63, 3.8) is 0 Å². The van der Waals surface area contributed by atoms with Crippen molar-refractivity contribution in [2.75, 3.05) is 25.5 Å². The van der Waals surface area contributed by atoms with Crippen molar-refractivity contribution in [3.05, 3.63) is 35.9 Å². The normalized spacial score (nSPS) is 17.0. The van der Waals surface area contributed by atoms with Gasteiger partial charge in [-0.25, -0.2) is 4.39 Å². The number of para-hydroxylation sites is 1. The van der Waals surface area contributed by atoms with Crippen molar-refractivity contribution >= 4 is 24.2 Å². The molecule has 1 aliphatic rings. The highest BCUT2D eigenvalue weighted by Crippen LogP contribution is 2.26. The summed E-state index contributed by atoms with van der Waals surface area (Å²) in [5.41, 5.74) is 6.12. The van der Waals surface area contributed by atoms with Crippen LogP contribution in [-0.4, -0.2) is 40.3 Å². The van der Waals surface area contributed by atoms with E-state index in [1.54, 1.807) is 28.5 Å². The molecule has 1 fully saturated rings. The monoisotopic (exact) mass is 372 g/mol. The summed E-state index contributed by atoms with van der Waals surface area (Å²) in [4.78, 5) is 0. The molecule has 0 aliphatic carbocycles. The molecule has 0 bridgehead atoms. The fraction of sp³-hybridized carbons (Fsp3) is 0.500. The maximum Gasteiger partial charge on any atom is 0.195 e. The minimum atomic E-state index is -0.281. The summed E-state index contributed by atoms with van der Waals surface area (Å²) in [6.07, 6.45) is 2.76. The molecule has 0 saturated carbocycles. The van der Waals surface area contributed by atoms with Crippen LogP contribution in [0.25, 0.3) is 5.69 Å². The number of hydrogen-bond donors (Lipinski definition) is 1. The lowest BCUT2D eigenvalue weighted by atomic mass is 10.1. The molecular weight excluding hydrogens is 351 g/mol. The van der Waals surface area contributed by atoms with Gasteiger partial charge in [-0.05, 0) is 37.4 Å². The predicted molar refractivity (Wildman–Crippen MR) is 95.6 cm³/mol. The number of nitrogens with zero attached hydrogens (tertiary/aromatic N) is 3. The lowest BCUT2D eigenvalue weighted by Gasteiger charge is -2.11. The molecule has 1 aromatic carbocycles. The molecule has 0 amide bonds. The van der Waals surface area contributed by atoms with Gasteiger partial charge in [-0.3, -0.25) is 4.57 Å². The van der Waals surface area contributed by atoms with Gasteiger partial charge in [-0.15, -0.1) is 22.6 Å². The summed E-state index contributed by atoms with van der Waals surface area (Å²) in [6.45, 7) is 2.16. The molecule has 1 unspecified atom stereocenters. The molecule has 24 heavy (non-hydrogen) atoms. The van der Waals surface area contributed by atoms with E-state index in [0.29, 0.717) is 30.4 Å². The van der Waals surface area contributed by atoms with Crippen LogP contribution in [0.1, 0.15) is 18.7 Å². The number of halogens is 2. The first-order chi connectivity index (χ1) is 11.3. The van der Waals surface area contributed by atoms with Crippen LogP contribution in [0.15, 0.2) is 29.4 Å². The molecule has 2 aromatic rings. The quantitative estimate of drug-likeness (QED) is 0.757. The second-order valence-electron chi connectivity index (χ2n) is 5.59. The molecule has 1 aliphatic heterocycles. The van der Waals surface area contributed by atoms with E-state index in [1.165, 1.54) is 6.07 Å². The zero-order valence-corrected chi connectivity index (χ0v) is 15.0. The Balaban J connectivity index is 0.00000208. The van der Waals surface area contributed by atoms with Crippen LogP contribution in [0, 0.1) is 11.7 Å². The van der Waals surface area contributed by atoms with E-state index in [2.05, 4.69) is 10.2 Å². The largest absolute Gasteiger partial charge is 0.381 e. The number of nitrogens with two attached hydrogens (primary N) is 1. The third-order valence-corrected chi connectivity index (χ3v) is 4.91. The van der Waals surface area contributed by atoms with E-state index < -0.39 is 0 Å². The van der Waals surface area contributed by atoms with Crippen LogP contribution >= 0.6 is 24.2 Å². The van der Waals surface area contributed by atoms with Gasteiger partial charge in [0.25, 0.3) is 0 Å². The molecule has 1 atom stereocenters. The molecule has 8 heteroatoms. The minimum Gasteiger partial charge on any atom is -0.381 e. The van der Waals surface area contributed by atoms with E-state index in [0.717, 1.165) is 37.0 Å². The van der Waals surface area contributed by atoms with E-state index >= 15 is 0 Å². The van der Waals surface area contributed by atoms with E-state index in [4.69, 9.17) is 10.5 Å². The molecule has 1 aromatic heterocycles. The van der Waals surface area contributed by atoms with Crippen molar-refractivity contribution in [1.82, 2.24) is 14.8 Å². The molecule has 1 saturated heterocycles. The third kappa shape index (κ3) is 4.47. The van der Waals surface area contributed by atoms with Gasteiger partial charge in [0.05, 0.1) is 5.69 Å². The van der Waals surface area contributed by atoms with Gasteiger partial charge in [-0.1, -0.05) is 23.9 Å². The summed E-state index contributed by atoms with van der Waals surface area (Å²) < 4.78 is 21.4. The Bertz CT molecular complexity index is 649. The average Bonchev–Trinajstić information content (AvgIpc) is 3.19. The topological polar surface area (TPSA) is 66.0 Å². The first kappa shape index (κ1) is 19.2. The number of hydrogen-bond acceptors (Lipinski definition) is 5. The number of aromatic nitrogens is 3. The summed E-state index contributed by atoms with van der Waals surface area (Å²) in [7, 11) is 0. The number of ether oxygens (including phenoxy) is 1. The van der Waals surface area contributed by atoms with Crippen molar-refractivity contribution < 1.29 is 9.13 Å². The molecule has 5 nitrogen and oxygen atoms in total. The van der Waals surface area contributed by atoms with Crippen LogP contribution < -0.4 is 5.73 Å². The third-order valence-electron chi connectivity index (χ3n) is 3.94. The van der Waals surface area contributed by atoms with Crippen molar-refractivity contribution in [3.8, 4) is 5.69 Å². The Morgan fingerprint density at radius 1 is 1.33 bits per heavy atom. The fourth-order valence-electron chi connectivity index (χ4n) is 2.69. The summed E-state index contributed by atoms with van der Waals surface area (Å²) in [5.74, 6) is 1.96. The van der Waals surface area contributed by atoms with E-state index in [-0.39, 0.29) is 18.2 Å². The number of benzene rings is 1. The van der Waals surface area contributed by atoms with Gasteiger partial charge in [0, 0.05) is 25.4 Å². The highest BCUT2D eigenvalue weighted by Gasteiger charge is 2.19. The summed E-state index contributed by atoms with van der Waals surface area (Å²) >= 11 is 1.61. The second-order valence-corrected chi connectivity index (χ2v) is 6.65. The van der Waals surface area contributed by atoms with Crippen molar-refractivity contribution in [2.24, 2.45) is 11.7 Å². The zero-order chi connectivity index (χ0) is 16.1.